The molecule has 0 aromatic carbocycles. The number of terminal acetylenes is 1. The van der Waals surface area contributed by atoms with E-state index in [0.29, 0.717) is 0 Å². The van der Waals surface area contributed by atoms with Gasteiger partial charge in [-0.3, -0.25) is 0 Å². The highest BCUT2D eigenvalue weighted by Crippen LogP contribution is 2.08. The molecule has 10 heavy (non-hydrogen) atoms. The summed E-state index contributed by atoms with van der Waals surface area (Å²) in [5.74, 6) is 2.22. The second-order valence-corrected chi connectivity index (χ2v) is 1.88. The van der Waals surface area contributed by atoms with Gasteiger partial charge in [0.05, 0.1) is 0 Å². The largest absolute Gasteiger partial charge is 0.426 e. The molecule has 3 nitrogen and oxygen atoms in total. The van der Waals surface area contributed by atoms with Gasteiger partial charge in [-0.1, -0.05) is 12.5 Å². The third-order valence-corrected chi connectivity index (χ3v) is 0.989. The molecular weight excluding hydrogens is 130 g/mol. The van der Waals surface area contributed by atoms with Gasteiger partial charge in [0.1, 0.15) is 0 Å². The van der Waals surface area contributed by atoms with E-state index < -0.39 is 11.7 Å². The smallest absolute Gasteiger partial charge is 0.406 e. The van der Waals surface area contributed by atoms with Crippen LogP contribution >= 0.6 is 0 Å². The lowest BCUT2D eigenvalue weighted by atomic mass is 10.1. The zero-order valence-electron chi connectivity index (χ0n) is 5.76. The maximum atomic E-state index is 10.2. The fourth-order valence-corrected chi connectivity index (χ4v) is 0.339. The molecule has 0 rings (SSSR count). The summed E-state index contributed by atoms with van der Waals surface area (Å²) in [7, 11) is 0. The molecular formula is C7H9NO2. The van der Waals surface area contributed by atoms with E-state index in [0.717, 1.165) is 0 Å². The van der Waals surface area contributed by atoms with Crippen LogP contribution in [0.1, 0.15) is 6.92 Å². The molecule has 0 aromatic rings. The van der Waals surface area contributed by atoms with Crippen molar-refractivity contribution < 1.29 is 9.53 Å². The summed E-state index contributed by atoms with van der Waals surface area (Å²) >= 11 is 0. The minimum Gasteiger partial charge on any atom is -0.426 e. The Labute approximate surface area is 59.9 Å². The van der Waals surface area contributed by atoms with Crippen molar-refractivity contribution in [1.29, 1.82) is 0 Å². The van der Waals surface area contributed by atoms with Gasteiger partial charge in [-0.2, -0.15) is 0 Å². The predicted octanol–water partition coefficient (Wildman–Crippen LogP) is 0.660. The summed E-state index contributed by atoms with van der Waals surface area (Å²) in [6.45, 7) is 4.90. The van der Waals surface area contributed by atoms with Crippen molar-refractivity contribution in [2.45, 2.75) is 12.5 Å². The highest BCUT2D eigenvalue weighted by molar-refractivity contribution is 5.66. The summed E-state index contributed by atoms with van der Waals surface area (Å²) in [6.07, 6.45) is 5.44. The number of carbonyl (C=O) groups is 1. The Balaban J connectivity index is 4.24. The fraction of sp³-hybridized carbons (Fsp3) is 0.286. The van der Waals surface area contributed by atoms with E-state index in [4.69, 9.17) is 12.2 Å². The number of primary amides is 1. The zero-order chi connectivity index (χ0) is 8.20. The van der Waals surface area contributed by atoms with E-state index in [-0.39, 0.29) is 0 Å². The Hall–Kier alpha value is -1.43. The minimum absolute atomic E-state index is 0.902. The Bertz CT molecular complexity index is 192. The maximum Gasteiger partial charge on any atom is 0.406 e. The molecule has 3 heteroatoms. The van der Waals surface area contributed by atoms with Crippen molar-refractivity contribution in [3.63, 3.8) is 0 Å². The topological polar surface area (TPSA) is 52.3 Å². The SMILES string of the molecule is C#CC(C)(C=C)OC(N)=O. The van der Waals surface area contributed by atoms with E-state index in [9.17, 15) is 4.79 Å². The number of nitrogens with two attached hydrogens (primary N) is 1. The Kier molecular flexibility index (Phi) is 2.51. The van der Waals surface area contributed by atoms with Gasteiger partial charge in [0.25, 0.3) is 0 Å². The van der Waals surface area contributed by atoms with Gasteiger partial charge in [-0.25, -0.2) is 4.79 Å². The molecule has 0 fully saturated rings. The van der Waals surface area contributed by atoms with E-state index in [1.165, 1.54) is 13.0 Å². The second-order valence-electron chi connectivity index (χ2n) is 1.88. The third-order valence-electron chi connectivity index (χ3n) is 0.989. The van der Waals surface area contributed by atoms with Crippen LogP contribution in [0.3, 0.4) is 0 Å². The highest BCUT2D eigenvalue weighted by atomic mass is 16.6. The van der Waals surface area contributed by atoms with Gasteiger partial charge in [-0.15, -0.1) is 6.42 Å². The molecule has 0 saturated carbocycles. The van der Waals surface area contributed by atoms with Gasteiger partial charge in [0.2, 0.25) is 0 Å². The molecule has 0 radical (unpaired) electrons. The van der Waals surface area contributed by atoms with E-state index >= 15 is 0 Å². The number of ether oxygens (including phenoxy) is 1. The van der Waals surface area contributed by atoms with Crippen LogP contribution in [-0.2, 0) is 4.74 Å². The molecule has 0 bridgehead atoms. The number of carbonyl (C=O) groups excluding carboxylic acids is 1. The van der Waals surface area contributed by atoms with Crippen LogP contribution in [0.15, 0.2) is 12.7 Å². The molecule has 1 atom stereocenters. The third kappa shape index (κ3) is 2.23. The fourth-order valence-electron chi connectivity index (χ4n) is 0.339. The molecule has 0 aromatic heterocycles. The molecule has 54 valence electrons. The summed E-state index contributed by atoms with van der Waals surface area (Å²) in [5, 5.41) is 0. The summed E-state index contributed by atoms with van der Waals surface area (Å²) in [4.78, 5) is 10.2. The lowest BCUT2D eigenvalue weighted by molar-refractivity contribution is 0.104. The Morgan fingerprint density at radius 1 is 2.00 bits per heavy atom. The molecule has 0 aliphatic carbocycles. The monoisotopic (exact) mass is 139 g/mol. The van der Waals surface area contributed by atoms with Gasteiger partial charge in [0.15, 0.2) is 5.60 Å². The van der Waals surface area contributed by atoms with Crippen LogP contribution in [-0.4, -0.2) is 11.7 Å². The molecule has 1 unspecified atom stereocenters. The standard InChI is InChI=1S/C7H9NO2/c1-4-7(3,5-2)10-6(8)9/h1,5H,2H2,3H3,(H2,8,9). The minimum atomic E-state index is -1.08. The average molecular weight is 139 g/mol. The van der Waals surface area contributed by atoms with Crippen LogP contribution in [0.2, 0.25) is 0 Å². The van der Waals surface area contributed by atoms with Crippen molar-refractivity contribution in [1.82, 2.24) is 0 Å². The first-order valence-electron chi connectivity index (χ1n) is 2.64. The van der Waals surface area contributed by atoms with Crippen molar-refractivity contribution in [2.75, 3.05) is 0 Å². The first-order chi connectivity index (χ1) is 4.54. The Morgan fingerprint density at radius 3 is 2.60 bits per heavy atom. The van der Waals surface area contributed by atoms with Crippen molar-refractivity contribution >= 4 is 6.09 Å². The van der Waals surface area contributed by atoms with E-state index in [1.54, 1.807) is 0 Å². The molecule has 0 aliphatic rings. The lowest BCUT2D eigenvalue weighted by Crippen LogP contribution is -2.30. The first-order valence-corrected chi connectivity index (χ1v) is 2.64. The van der Waals surface area contributed by atoms with Gasteiger partial charge in [0, 0.05) is 0 Å². The van der Waals surface area contributed by atoms with Gasteiger partial charge in [-0.05, 0) is 13.0 Å². The van der Waals surface area contributed by atoms with Crippen LogP contribution in [0.4, 0.5) is 4.79 Å². The maximum absolute atomic E-state index is 10.2. The predicted molar refractivity (Wildman–Crippen MR) is 38.1 cm³/mol. The number of hydrogen-bond donors (Lipinski definition) is 1. The van der Waals surface area contributed by atoms with E-state index in [1.807, 2.05) is 0 Å². The van der Waals surface area contributed by atoms with Crippen molar-refractivity contribution in [3.05, 3.63) is 12.7 Å². The van der Waals surface area contributed by atoms with Crippen LogP contribution in [0.25, 0.3) is 0 Å². The molecule has 1 amide bonds. The number of rotatable bonds is 2. The molecule has 0 aliphatic heterocycles. The zero-order valence-corrected chi connectivity index (χ0v) is 5.76. The molecule has 0 saturated heterocycles. The van der Waals surface area contributed by atoms with Crippen molar-refractivity contribution in [3.8, 4) is 12.3 Å². The van der Waals surface area contributed by atoms with Gasteiger partial charge < -0.3 is 10.5 Å². The van der Waals surface area contributed by atoms with Gasteiger partial charge >= 0.3 is 6.09 Å². The first kappa shape index (κ1) is 8.57. The lowest BCUT2D eigenvalue weighted by Gasteiger charge is -2.17. The quantitative estimate of drug-likeness (QED) is 0.451. The number of amides is 1. The summed E-state index contributed by atoms with van der Waals surface area (Å²) in [6, 6.07) is 0. The van der Waals surface area contributed by atoms with Crippen LogP contribution < -0.4 is 5.73 Å². The average Bonchev–Trinajstić information content (AvgIpc) is 1.87. The summed E-state index contributed by atoms with van der Waals surface area (Å²) < 4.78 is 4.52. The van der Waals surface area contributed by atoms with E-state index in [2.05, 4.69) is 17.2 Å². The van der Waals surface area contributed by atoms with Crippen LogP contribution in [0, 0.1) is 12.3 Å². The molecule has 0 heterocycles. The Morgan fingerprint density at radius 2 is 2.50 bits per heavy atom. The van der Waals surface area contributed by atoms with Crippen LogP contribution in [0.5, 0.6) is 0 Å². The highest BCUT2D eigenvalue weighted by Gasteiger charge is 2.19. The van der Waals surface area contributed by atoms with Crippen molar-refractivity contribution in [2.24, 2.45) is 5.73 Å². The normalized spacial score (nSPS) is 14.4. The molecule has 0 spiro atoms. The summed E-state index contributed by atoms with van der Waals surface area (Å²) in [5.41, 5.74) is 3.65. The molecule has 2 N–H and O–H groups in total. The second kappa shape index (κ2) is 2.92. The number of hydrogen-bond acceptors (Lipinski definition) is 2.